The van der Waals surface area contributed by atoms with Crippen molar-refractivity contribution in [2.24, 2.45) is 5.92 Å². The van der Waals surface area contributed by atoms with Gasteiger partial charge >= 0.3 is 0 Å². The molecular formula is C15H25NO2. The standard InChI is InChI=1S/C15H25NO2/c1-11(2)15(17)10-16-12(3)9-13-5-7-14(18-4)8-6-13/h5-8,11-12,15-17H,9-10H2,1-4H3. The van der Waals surface area contributed by atoms with Crippen LogP contribution in [0.15, 0.2) is 24.3 Å². The molecule has 2 atom stereocenters. The Hall–Kier alpha value is -1.06. The maximum absolute atomic E-state index is 9.73. The van der Waals surface area contributed by atoms with E-state index in [-0.39, 0.29) is 6.10 Å². The molecule has 3 heteroatoms. The van der Waals surface area contributed by atoms with Crippen molar-refractivity contribution < 1.29 is 9.84 Å². The lowest BCUT2D eigenvalue weighted by Gasteiger charge is -2.19. The zero-order valence-corrected chi connectivity index (χ0v) is 11.8. The van der Waals surface area contributed by atoms with Crippen molar-refractivity contribution in [3.05, 3.63) is 29.8 Å². The molecule has 0 aliphatic rings. The number of hydrogen-bond acceptors (Lipinski definition) is 3. The molecule has 0 saturated heterocycles. The van der Waals surface area contributed by atoms with Gasteiger partial charge in [-0.05, 0) is 37.0 Å². The van der Waals surface area contributed by atoms with Crippen molar-refractivity contribution in [3.63, 3.8) is 0 Å². The lowest BCUT2D eigenvalue weighted by Crippen LogP contribution is -2.37. The van der Waals surface area contributed by atoms with Gasteiger partial charge in [0, 0.05) is 12.6 Å². The van der Waals surface area contributed by atoms with Gasteiger partial charge in [-0.3, -0.25) is 0 Å². The van der Waals surface area contributed by atoms with Gasteiger partial charge in [-0.25, -0.2) is 0 Å². The van der Waals surface area contributed by atoms with Gasteiger partial charge in [-0.1, -0.05) is 26.0 Å². The van der Waals surface area contributed by atoms with E-state index in [1.165, 1.54) is 5.56 Å². The molecule has 0 amide bonds. The van der Waals surface area contributed by atoms with Crippen molar-refractivity contribution in [1.29, 1.82) is 0 Å². The van der Waals surface area contributed by atoms with Crippen molar-refractivity contribution in [2.75, 3.05) is 13.7 Å². The number of methoxy groups -OCH3 is 1. The summed E-state index contributed by atoms with van der Waals surface area (Å²) in [5, 5.41) is 13.1. The average Bonchev–Trinajstić information content (AvgIpc) is 2.36. The van der Waals surface area contributed by atoms with Crippen molar-refractivity contribution >= 4 is 0 Å². The number of nitrogens with one attached hydrogen (secondary N) is 1. The summed E-state index contributed by atoms with van der Waals surface area (Å²) < 4.78 is 5.13. The second-order valence-corrected chi connectivity index (χ2v) is 5.17. The lowest BCUT2D eigenvalue weighted by atomic mass is 10.0. The van der Waals surface area contributed by atoms with Crippen LogP contribution in [0.25, 0.3) is 0 Å². The van der Waals surface area contributed by atoms with Gasteiger partial charge < -0.3 is 15.2 Å². The van der Waals surface area contributed by atoms with Gasteiger partial charge in [0.2, 0.25) is 0 Å². The summed E-state index contributed by atoms with van der Waals surface area (Å²) in [5.41, 5.74) is 1.27. The first-order chi connectivity index (χ1) is 8.52. The number of hydrogen-bond donors (Lipinski definition) is 2. The Kier molecular flexibility index (Phi) is 6.16. The number of ether oxygens (including phenoxy) is 1. The van der Waals surface area contributed by atoms with Crippen LogP contribution in [0.1, 0.15) is 26.3 Å². The highest BCUT2D eigenvalue weighted by atomic mass is 16.5. The predicted molar refractivity (Wildman–Crippen MR) is 75.0 cm³/mol. The Balaban J connectivity index is 2.37. The third kappa shape index (κ3) is 5.07. The topological polar surface area (TPSA) is 41.5 Å². The van der Waals surface area contributed by atoms with Gasteiger partial charge in [0.25, 0.3) is 0 Å². The largest absolute Gasteiger partial charge is 0.497 e. The summed E-state index contributed by atoms with van der Waals surface area (Å²) >= 11 is 0. The molecule has 2 N–H and O–H groups in total. The highest BCUT2D eigenvalue weighted by Gasteiger charge is 2.10. The Morgan fingerprint density at radius 2 is 1.78 bits per heavy atom. The summed E-state index contributed by atoms with van der Waals surface area (Å²) in [7, 11) is 1.67. The average molecular weight is 251 g/mol. The van der Waals surface area contributed by atoms with Gasteiger partial charge in [-0.15, -0.1) is 0 Å². The molecule has 0 fully saturated rings. The molecule has 0 heterocycles. The Labute approximate surface area is 110 Å². The third-order valence-electron chi connectivity index (χ3n) is 3.15. The van der Waals surface area contributed by atoms with Crippen LogP contribution < -0.4 is 10.1 Å². The van der Waals surface area contributed by atoms with E-state index in [0.717, 1.165) is 12.2 Å². The van der Waals surface area contributed by atoms with Gasteiger partial charge in [0.05, 0.1) is 13.2 Å². The third-order valence-corrected chi connectivity index (χ3v) is 3.15. The molecule has 0 radical (unpaired) electrons. The van der Waals surface area contributed by atoms with E-state index in [9.17, 15) is 5.11 Å². The maximum Gasteiger partial charge on any atom is 0.118 e. The van der Waals surface area contributed by atoms with Gasteiger partial charge in [-0.2, -0.15) is 0 Å². The first-order valence-electron chi connectivity index (χ1n) is 6.57. The minimum Gasteiger partial charge on any atom is -0.497 e. The molecule has 0 saturated carbocycles. The van der Waals surface area contributed by atoms with Crippen LogP contribution in [0, 0.1) is 5.92 Å². The molecule has 1 aromatic rings. The summed E-state index contributed by atoms with van der Waals surface area (Å²) in [6.45, 7) is 6.84. The van der Waals surface area contributed by atoms with E-state index >= 15 is 0 Å². The smallest absolute Gasteiger partial charge is 0.118 e. The van der Waals surface area contributed by atoms with Gasteiger partial charge in [0.1, 0.15) is 5.75 Å². The van der Waals surface area contributed by atoms with Crippen molar-refractivity contribution in [1.82, 2.24) is 5.32 Å². The summed E-state index contributed by atoms with van der Waals surface area (Å²) in [5.74, 6) is 1.18. The fourth-order valence-corrected chi connectivity index (χ4v) is 1.74. The molecule has 1 aromatic carbocycles. The Bertz CT molecular complexity index is 335. The van der Waals surface area contributed by atoms with Crippen LogP contribution in [-0.4, -0.2) is 30.9 Å². The Morgan fingerprint density at radius 1 is 1.17 bits per heavy atom. The number of rotatable bonds is 7. The highest BCUT2D eigenvalue weighted by molar-refractivity contribution is 5.27. The number of aliphatic hydroxyl groups is 1. The second kappa shape index (κ2) is 7.39. The number of aliphatic hydroxyl groups excluding tert-OH is 1. The lowest BCUT2D eigenvalue weighted by molar-refractivity contribution is 0.120. The zero-order valence-electron chi connectivity index (χ0n) is 11.8. The molecule has 102 valence electrons. The van der Waals surface area contributed by atoms with Gasteiger partial charge in [0.15, 0.2) is 0 Å². The fraction of sp³-hybridized carbons (Fsp3) is 0.600. The van der Waals surface area contributed by atoms with Crippen LogP contribution >= 0.6 is 0 Å². The molecule has 2 unspecified atom stereocenters. The van der Waals surface area contributed by atoms with E-state index in [1.807, 2.05) is 26.0 Å². The molecule has 0 aromatic heterocycles. The molecule has 1 rings (SSSR count). The summed E-state index contributed by atoms with van der Waals surface area (Å²) in [6.07, 6.45) is 0.678. The van der Waals surface area contributed by atoms with Crippen LogP contribution in [-0.2, 0) is 6.42 Å². The molecule has 0 bridgehead atoms. The van der Waals surface area contributed by atoms with E-state index in [1.54, 1.807) is 7.11 Å². The maximum atomic E-state index is 9.73. The van der Waals surface area contributed by atoms with E-state index in [0.29, 0.717) is 18.5 Å². The minimum atomic E-state index is -0.275. The van der Waals surface area contributed by atoms with Crippen molar-refractivity contribution in [2.45, 2.75) is 39.3 Å². The predicted octanol–water partition coefficient (Wildman–Crippen LogP) is 2.23. The highest BCUT2D eigenvalue weighted by Crippen LogP contribution is 2.12. The van der Waals surface area contributed by atoms with E-state index < -0.39 is 0 Å². The summed E-state index contributed by atoms with van der Waals surface area (Å²) in [4.78, 5) is 0. The molecular weight excluding hydrogens is 226 g/mol. The molecule has 18 heavy (non-hydrogen) atoms. The van der Waals surface area contributed by atoms with Crippen LogP contribution in [0.4, 0.5) is 0 Å². The monoisotopic (exact) mass is 251 g/mol. The van der Waals surface area contributed by atoms with E-state index in [2.05, 4.69) is 24.4 Å². The van der Waals surface area contributed by atoms with Crippen LogP contribution in [0.5, 0.6) is 5.75 Å². The zero-order chi connectivity index (χ0) is 13.5. The second-order valence-electron chi connectivity index (χ2n) is 5.17. The fourth-order valence-electron chi connectivity index (χ4n) is 1.74. The first kappa shape index (κ1) is 15.0. The normalized spacial score (nSPS) is 14.6. The molecule has 0 aliphatic carbocycles. The minimum absolute atomic E-state index is 0.275. The van der Waals surface area contributed by atoms with Crippen molar-refractivity contribution in [3.8, 4) is 5.75 Å². The van der Waals surface area contributed by atoms with Crippen LogP contribution in [0.3, 0.4) is 0 Å². The Morgan fingerprint density at radius 3 is 2.28 bits per heavy atom. The molecule has 0 aliphatic heterocycles. The van der Waals surface area contributed by atoms with E-state index in [4.69, 9.17) is 4.74 Å². The first-order valence-corrected chi connectivity index (χ1v) is 6.57. The molecule has 3 nitrogen and oxygen atoms in total. The SMILES string of the molecule is COc1ccc(CC(C)NCC(O)C(C)C)cc1. The number of benzene rings is 1. The summed E-state index contributed by atoms with van der Waals surface area (Å²) in [6, 6.07) is 8.47. The quantitative estimate of drug-likeness (QED) is 0.781. The van der Waals surface area contributed by atoms with Crippen LogP contribution in [0.2, 0.25) is 0 Å². The molecule has 0 spiro atoms.